The predicted molar refractivity (Wildman–Crippen MR) is 120 cm³/mol. The van der Waals surface area contributed by atoms with Crippen molar-refractivity contribution in [3.05, 3.63) is 65.6 Å². The van der Waals surface area contributed by atoms with Crippen LogP contribution in [0.25, 0.3) is 0 Å². The van der Waals surface area contributed by atoms with Gasteiger partial charge in [0.15, 0.2) is 17.5 Å². The molecular formula is C20H20BFN8O3. The standard InChI is InChI=1S/C20H20BFN8O3/c21-14-11-13(6-7-15(14)22)26-19(28-32)17-18(30-33-29-17)24-8-9-25-20(23)27-16(31)10-12-4-2-1-3-5-12/h1-7,11,32H,8-10H2,(H,24,30)(H,26,28)(H3,23,25,27,31). The molecule has 3 rings (SSSR count). The number of anilines is 1. The van der Waals surface area contributed by atoms with Gasteiger partial charge in [-0.15, -0.1) is 0 Å². The Morgan fingerprint density at radius 1 is 1.21 bits per heavy atom. The third-order valence-corrected chi connectivity index (χ3v) is 4.20. The number of nitrogens with zero attached hydrogens (tertiary/aromatic N) is 4. The number of amidine groups is 1. The van der Waals surface area contributed by atoms with Crippen molar-refractivity contribution in [2.75, 3.05) is 18.4 Å². The molecule has 168 valence electrons. The molecule has 11 nitrogen and oxygen atoms in total. The normalized spacial score (nSPS) is 11.8. The maximum atomic E-state index is 13.3. The van der Waals surface area contributed by atoms with E-state index < -0.39 is 5.82 Å². The van der Waals surface area contributed by atoms with Gasteiger partial charge in [-0.05, 0) is 34.1 Å². The van der Waals surface area contributed by atoms with Gasteiger partial charge < -0.3 is 11.1 Å². The molecule has 0 aliphatic rings. The van der Waals surface area contributed by atoms with Crippen molar-refractivity contribution in [2.45, 2.75) is 6.42 Å². The second-order valence-corrected chi connectivity index (χ2v) is 6.64. The monoisotopic (exact) mass is 450 g/mol. The summed E-state index contributed by atoms with van der Waals surface area (Å²) in [5, 5.41) is 22.3. The SMILES string of the molecule is [B]c1cc(N=C(NO)c2nonc2NCCN=C(N)NC(=O)Cc2ccccc2)ccc1F. The van der Waals surface area contributed by atoms with Crippen molar-refractivity contribution in [3.8, 4) is 0 Å². The van der Waals surface area contributed by atoms with Crippen molar-refractivity contribution < 1.29 is 19.0 Å². The largest absolute Gasteiger partial charge is 0.370 e. The van der Waals surface area contributed by atoms with E-state index in [1.165, 1.54) is 12.1 Å². The average molecular weight is 450 g/mol. The number of hydrogen-bond acceptors (Lipinski definition) is 8. The average Bonchev–Trinajstić information content (AvgIpc) is 3.26. The lowest BCUT2D eigenvalue weighted by atomic mass is 9.95. The Labute approximate surface area is 189 Å². The predicted octanol–water partition coefficient (Wildman–Crippen LogP) is 0.145. The van der Waals surface area contributed by atoms with E-state index in [0.717, 1.165) is 11.6 Å². The Hall–Kier alpha value is -4.26. The van der Waals surface area contributed by atoms with Crippen LogP contribution in [0.2, 0.25) is 0 Å². The van der Waals surface area contributed by atoms with Gasteiger partial charge in [0.1, 0.15) is 13.7 Å². The van der Waals surface area contributed by atoms with Crippen molar-refractivity contribution in [3.63, 3.8) is 0 Å². The van der Waals surface area contributed by atoms with E-state index in [1.54, 1.807) is 0 Å². The molecule has 0 aliphatic carbocycles. The third-order valence-electron chi connectivity index (χ3n) is 4.20. The Bertz CT molecular complexity index is 1150. The lowest BCUT2D eigenvalue weighted by Crippen LogP contribution is -2.38. The summed E-state index contributed by atoms with van der Waals surface area (Å²) in [4.78, 5) is 20.2. The molecule has 0 saturated heterocycles. The molecule has 1 amide bonds. The summed E-state index contributed by atoms with van der Waals surface area (Å²) in [6.07, 6.45) is 0.180. The minimum absolute atomic E-state index is 0.0237. The van der Waals surface area contributed by atoms with Crippen molar-refractivity contribution in [1.29, 1.82) is 0 Å². The summed E-state index contributed by atoms with van der Waals surface area (Å²) < 4.78 is 18.0. The number of aliphatic imine (C=N–C) groups is 2. The molecule has 0 unspecified atom stereocenters. The van der Waals surface area contributed by atoms with E-state index in [1.807, 2.05) is 35.8 Å². The molecule has 0 aliphatic heterocycles. The summed E-state index contributed by atoms with van der Waals surface area (Å²) in [5.41, 5.74) is 8.72. The topological polar surface area (TPSA) is 163 Å². The summed E-state index contributed by atoms with van der Waals surface area (Å²) in [6, 6.07) is 13.0. The summed E-state index contributed by atoms with van der Waals surface area (Å²) >= 11 is 0. The van der Waals surface area contributed by atoms with E-state index in [4.69, 9.17) is 18.2 Å². The van der Waals surface area contributed by atoms with Crippen LogP contribution < -0.4 is 27.3 Å². The number of rotatable bonds is 8. The Balaban J connectivity index is 1.55. The van der Waals surface area contributed by atoms with E-state index in [0.29, 0.717) is 0 Å². The van der Waals surface area contributed by atoms with Gasteiger partial charge in [0.25, 0.3) is 0 Å². The number of halogens is 1. The molecule has 13 heteroatoms. The first-order chi connectivity index (χ1) is 16.0. The summed E-state index contributed by atoms with van der Waals surface area (Å²) in [6.45, 7) is 0.440. The van der Waals surface area contributed by atoms with Gasteiger partial charge in [-0.3, -0.25) is 25.8 Å². The molecule has 0 atom stereocenters. The number of amides is 1. The second-order valence-electron chi connectivity index (χ2n) is 6.64. The zero-order chi connectivity index (χ0) is 23.6. The van der Waals surface area contributed by atoms with Gasteiger partial charge >= 0.3 is 0 Å². The van der Waals surface area contributed by atoms with Crippen LogP contribution in [0.4, 0.5) is 15.9 Å². The van der Waals surface area contributed by atoms with Gasteiger partial charge in [0.2, 0.25) is 11.7 Å². The van der Waals surface area contributed by atoms with Crippen LogP contribution >= 0.6 is 0 Å². The molecule has 0 saturated carbocycles. The number of hydroxylamine groups is 1. The highest BCUT2D eigenvalue weighted by Crippen LogP contribution is 2.15. The van der Waals surface area contributed by atoms with Crippen LogP contribution in [0, 0.1) is 5.82 Å². The number of benzene rings is 2. The highest BCUT2D eigenvalue weighted by molar-refractivity contribution is 6.32. The lowest BCUT2D eigenvalue weighted by molar-refractivity contribution is -0.119. The van der Waals surface area contributed by atoms with Gasteiger partial charge in [0, 0.05) is 6.54 Å². The number of hydrogen-bond donors (Lipinski definition) is 5. The first-order valence-corrected chi connectivity index (χ1v) is 9.70. The van der Waals surface area contributed by atoms with Gasteiger partial charge in [-0.25, -0.2) is 14.0 Å². The minimum atomic E-state index is -0.589. The molecule has 1 heterocycles. The lowest BCUT2D eigenvalue weighted by Gasteiger charge is -2.06. The molecule has 0 spiro atoms. The van der Waals surface area contributed by atoms with Crippen LogP contribution in [-0.2, 0) is 11.2 Å². The van der Waals surface area contributed by atoms with Crippen molar-refractivity contribution in [1.82, 2.24) is 21.1 Å². The smallest absolute Gasteiger partial charge is 0.231 e. The molecule has 2 aromatic carbocycles. The van der Waals surface area contributed by atoms with Crippen LogP contribution in [0.5, 0.6) is 0 Å². The molecular weight excluding hydrogens is 430 g/mol. The Kier molecular flexibility index (Phi) is 8.08. The fourth-order valence-corrected chi connectivity index (χ4v) is 2.68. The molecule has 3 aromatic rings. The van der Waals surface area contributed by atoms with Gasteiger partial charge in [-0.1, -0.05) is 35.8 Å². The molecule has 0 bridgehead atoms. The van der Waals surface area contributed by atoms with E-state index in [-0.39, 0.29) is 59.9 Å². The van der Waals surface area contributed by atoms with Crippen LogP contribution in [0.15, 0.2) is 63.1 Å². The third kappa shape index (κ3) is 6.87. The van der Waals surface area contributed by atoms with E-state index in [9.17, 15) is 14.4 Å². The first kappa shape index (κ1) is 23.4. The van der Waals surface area contributed by atoms with Gasteiger partial charge in [-0.2, -0.15) is 0 Å². The van der Waals surface area contributed by atoms with Gasteiger partial charge in [0.05, 0.1) is 18.7 Å². The fraction of sp³-hybridized carbons (Fsp3) is 0.150. The summed E-state index contributed by atoms with van der Waals surface area (Å²) in [5.74, 6) is -0.846. The maximum Gasteiger partial charge on any atom is 0.231 e. The number of aromatic nitrogens is 2. The molecule has 1 aromatic heterocycles. The van der Waals surface area contributed by atoms with E-state index in [2.05, 4.69) is 30.9 Å². The van der Waals surface area contributed by atoms with Crippen molar-refractivity contribution >= 4 is 42.5 Å². The van der Waals surface area contributed by atoms with Crippen LogP contribution in [0.1, 0.15) is 11.3 Å². The first-order valence-electron chi connectivity index (χ1n) is 9.70. The zero-order valence-corrected chi connectivity index (χ0v) is 17.3. The molecule has 2 radical (unpaired) electrons. The Morgan fingerprint density at radius 3 is 2.73 bits per heavy atom. The highest BCUT2D eigenvalue weighted by atomic mass is 19.1. The Morgan fingerprint density at radius 2 is 2.00 bits per heavy atom. The fourth-order valence-electron chi connectivity index (χ4n) is 2.68. The van der Waals surface area contributed by atoms with Crippen molar-refractivity contribution in [2.24, 2.45) is 15.7 Å². The van der Waals surface area contributed by atoms with E-state index >= 15 is 0 Å². The van der Waals surface area contributed by atoms with Crippen LogP contribution in [-0.4, -0.2) is 54.2 Å². The number of carbonyl (C=O) groups excluding carboxylic acids is 1. The minimum Gasteiger partial charge on any atom is -0.370 e. The quantitative estimate of drug-likeness (QED) is 0.106. The van der Waals surface area contributed by atoms with Crippen LogP contribution in [0.3, 0.4) is 0 Å². The number of nitrogens with one attached hydrogen (secondary N) is 3. The number of nitrogens with two attached hydrogens (primary N) is 1. The highest BCUT2D eigenvalue weighted by Gasteiger charge is 2.16. The molecule has 0 fully saturated rings. The zero-order valence-electron chi connectivity index (χ0n) is 17.3. The molecule has 6 N–H and O–H groups in total. The maximum absolute atomic E-state index is 13.3. The summed E-state index contributed by atoms with van der Waals surface area (Å²) in [7, 11) is 5.53. The second kappa shape index (κ2) is 11.4. The number of carbonyl (C=O) groups is 1. The number of guanidine groups is 1. The molecule has 33 heavy (non-hydrogen) atoms.